The molecule has 0 atom stereocenters. The Morgan fingerprint density at radius 3 is 2.67 bits per heavy atom. The summed E-state index contributed by atoms with van der Waals surface area (Å²) in [5.41, 5.74) is 4.18. The van der Waals surface area contributed by atoms with Crippen LogP contribution in [0.25, 0.3) is 22.7 Å². The van der Waals surface area contributed by atoms with Crippen molar-refractivity contribution >= 4 is 51.6 Å². The summed E-state index contributed by atoms with van der Waals surface area (Å²) in [6.45, 7) is 2.03. The normalized spacial score (nSPS) is 11.4. The highest BCUT2D eigenvalue weighted by Gasteiger charge is 2.13. The Hall–Kier alpha value is -3.86. The monoisotopic (exact) mass is 478 g/mol. The molecule has 0 aliphatic heterocycles. The molecule has 7 nitrogen and oxygen atoms in total. The lowest BCUT2D eigenvalue weighted by atomic mass is 10.1. The molecular formula is C24H16Cl2N4O3. The number of aromatic nitrogens is 2. The van der Waals surface area contributed by atoms with Crippen LogP contribution in [-0.2, 0) is 6.61 Å². The van der Waals surface area contributed by atoms with Gasteiger partial charge in [-0.2, -0.15) is 5.26 Å². The topological polar surface area (TPSA) is 105 Å². The third kappa shape index (κ3) is 4.98. The van der Waals surface area contributed by atoms with E-state index in [1.807, 2.05) is 25.1 Å². The zero-order valence-corrected chi connectivity index (χ0v) is 18.8. The zero-order chi connectivity index (χ0) is 23.5. The molecule has 0 radical (unpaired) electrons. The van der Waals surface area contributed by atoms with Crippen LogP contribution >= 0.6 is 23.2 Å². The Kier molecular flexibility index (Phi) is 6.31. The Bertz CT molecular complexity index is 1430. The zero-order valence-electron chi connectivity index (χ0n) is 17.3. The molecule has 4 rings (SSSR count). The second-order valence-corrected chi connectivity index (χ2v) is 8.12. The number of aryl methyl sites for hydroxylation is 1. The van der Waals surface area contributed by atoms with Crippen molar-refractivity contribution < 1.29 is 9.66 Å². The predicted octanol–water partition coefficient (Wildman–Crippen LogP) is 6.73. The molecular weight excluding hydrogens is 463 g/mol. The van der Waals surface area contributed by atoms with E-state index in [1.54, 1.807) is 30.3 Å². The quantitative estimate of drug-likeness (QED) is 0.188. The van der Waals surface area contributed by atoms with Crippen LogP contribution < -0.4 is 4.74 Å². The van der Waals surface area contributed by atoms with E-state index in [4.69, 9.17) is 27.9 Å². The molecule has 1 N–H and O–H groups in total. The maximum atomic E-state index is 10.9. The molecule has 0 aliphatic rings. The van der Waals surface area contributed by atoms with E-state index in [1.165, 1.54) is 12.1 Å². The molecule has 0 saturated heterocycles. The molecule has 1 aromatic heterocycles. The lowest BCUT2D eigenvalue weighted by Gasteiger charge is -2.11. The molecule has 1 heterocycles. The minimum Gasteiger partial charge on any atom is -0.486 e. The molecule has 0 saturated carbocycles. The second-order valence-electron chi connectivity index (χ2n) is 7.31. The number of nitrogens with zero attached hydrogens (tertiary/aromatic N) is 3. The summed E-state index contributed by atoms with van der Waals surface area (Å²) < 4.78 is 5.72. The van der Waals surface area contributed by atoms with Gasteiger partial charge in [0, 0.05) is 12.1 Å². The molecule has 33 heavy (non-hydrogen) atoms. The first-order valence-electron chi connectivity index (χ1n) is 9.78. The van der Waals surface area contributed by atoms with Gasteiger partial charge in [-0.1, -0.05) is 41.4 Å². The molecule has 0 amide bonds. The lowest BCUT2D eigenvalue weighted by Crippen LogP contribution is -1.98. The first kappa shape index (κ1) is 22.3. The fourth-order valence-corrected chi connectivity index (χ4v) is 3.90. The number of rotatable bonds is 6. The molecule has 164 valence electrons. The third-order valence-electron chi connectivity index (χ3n) is 4.85. The highest BCUT2D eigenvalue weighted by atomic mass is 35.5. The molecule has 0 fully saturated rings. The predicted molar refractivity (Wildman–Crippen MR) is 128 cm³/mol. The van der Waals surface area contributed by atoms with Gasteiger partial charge in [0.15, 0.2) is 5.75 Å². The van der Waals surface area contributed by atoms with Crippen LogP contribution in [0.2, 0.25) is 10.0 Å². The van der Waals surface area contributed by atoms with Crippen molar-refractivity contribution in [2.75, 3.05) is 0 Å². The van der Waals surface area contributed by atoms with Gasteiger partial charge in [-0.3, -0.25) is 10.1 Å². The average molecular weight is 479 g/mol. The van der Waals surface area contributed by atoms with E-state index in [9.17, 15) is 15.4 Å². The van der Waals surface area contributed by atoms with Gasteiger partial charge in [-0.25, -0.2) is 4.98 Å². The minimum absolute atomic E-state index is 0.0291. The van der Waals surface area contributed by atoms with Crippen LogP contribution in [0.15, 0.2) is 54.6 Å². The number of ether oxygens (including phenoxy) is 1. The van der Waals surface area contributed by atoms with E-state index in [2.05, 4.69) is 16.0 Å². The van der Waals surface area contributed by atoms with Crippen LogP contribution in [0.4, 0.5) is 5.69 Å². The van der Waals surface area contributed by atoms with Crippen molar-refractivity contribution in [3.8, 4) is 11.8 Å². The van der Waals surface area contributed by atoms with E-state index in [0.29, 0.717) is 22.5 Å². The Morgan fingerprint density at radius 1 is 1.21 bits per heavy atom. The molecule has 3 aromatic carbocycles. The Balaban J connectivity index is 1.59. The number of nitriles is 1. The van der Waals surface area contributed by atoms with Crippen molar-refractivity contribution in [2.45, 2.75) is 13.5 Å². The van der Waals surface area contributed by atoms with E-state index in [-0.39, 0.29) is 28.1 Å². The van der Waals surface area contributed by atoms with Gasteiger partial charge in [0.2, 0.25) is 0 Å². The van der Waals surface area contributed by atoms with Crippen molar-refractivity contribution in [1.29, 1.82) is 5.26 Å². The maximum absolute atomic E-state index is 10.9. The smallest absolute Gasteiger partial charge is 0.269 e. The van der Waals surface area contributed by atoms with Crippen LogP contribution in [0.5, 0.6) is 5.75 Å². The standard InChI is InChI=1S/C24H16Cl2N4O3/c1-14-5-6-21-22(7-14)29-24(28-21)17(12-27)8-16-10-19(25)23(20(26)11-16)33-13-15-3-2-4-18(9-15)30(31)32/h2-11H,13H2,1H3,(H,28,29). The van der Waals surface area contributed by atoms with Crippen molar-refractivity contribution in [3.63, 3.8) is 0 Å². The molecule has 0 spiro atoms. The second kappa shape index (κ2) is 9.33. The summed E-state index contributed by atoms with van der Waals surface area (Å²) in [6.07, 6.45) is 1.63. The number of non-ortho nitro benzene ring substituents is 1. The number of imidazole rings is 1. The highest BCUT2D eigenvalue weighted by molar-refractivity contribution is 6.37. The van der Waals surface area contributed by atoms with Crippen LogP contribution in [0.3, 0.4) is 0 Å². The van der Waals surface area contributed by atoms with Crippen LogP contribution in [0, 0.1) is 28.4 Å². The Labute approximate surface area is 199 Å². The van der Waals surface area contributed by atoms with Gasteiger partial charge in [0.05, 0.1) is 31.6 Å². The van der Waals surface area contributed by atoms with Gasteiger partial charge in [-0.05, 0) is 54.0 Å². The van der Waals surface area contributed by atoms with Crippen molar-refractivity contribution in [1.82, 2.24) is 9.97 Å². The lowest BCUT2D eigenvalue weighted by molar-refractivity contribution is -0.384. The number of nitrogens with one attached hydrogen (secondary N) is 1. The Morgan fingerprint density at radius 2 is 1.97 bits per heavy atom. The summed E-state index contributed by atoms with van der Waals surface area (Å²) in [4.78, 5) is 18.1. The molecule has 0 unspecified atom stereocenters. The number of fused-ring (bicyclic) bond motifs is 1. The summed E-state index contributed by atoms with van der Waals surface area (Å²) in [6, 6.07) is 17.3. The summed E-state index contributed by atoms with van der Waals surface area (Å²) in [7, 11) is 0. The number of allylic oxidation sites excluding steroid dienone is 1. The number of nitro groups is 1. The van der Waals surface area contributed by atoms with Crippen molar-refractivity contribution in [2.24, 2.45) is 0 Å². The average Bonchev–Trinajstić information content (AvgIpc) is 3.20. The third-order valence-corrected chi connectivity index (χ3v) is 5.41. The SMILES string of the molecule is Cc1ccc2nc(C(C#N)=Cc3cc(Cl)c(OCc4cccc([N+](=O)[O-])c4)c(Cl)c3)[nH]c2c1. The maximum Gasteiger partial charge on any atom is 0.269 e. The van der Waals surface area contributed by atoms with Gasteiger partial charge >= 0.3 is 0 Å². The molecule has 4 aromatic rings. The molecule has 9 heteroatoms. The summed E-state index contributed by atoms with van der Waals surface area (Å²) in [5.74, 6) is 0.691. The number of H-pyrrole nitrogens is 1. The highest BCUT2D eigenvalue weighted by Crippen LogP contribution is 2.36. The fourth-order valence-electron chi connectivity index (χ4n) is 3.29. The number of aromatic amines is 1. The van der Waals surface area contributed by atoms with E-state index < -0.39 is 4.92 Å². The van der Waals surface area contributed by atoms with E-state index >= 15 is 0 Å². The molecule has 0 bridgehead atoms. The van der Waals surface area contributed by atoms with Gasteiger partial charge in [0.1, 0.15) is 18.5 Å². The number of hydrogen-bond acceptors (Lipinski definition) is 5. The number of hydrogen-bond donors (Lipinski definition) is 1. The minimum atomic E-state index is -0.472. The number of nitro benzene ring substituents is 1. The largest absolute Gasteiger partial charge is 0.486 e. The van der Waals surface area contributed by atoms with Gasteiger partial charge < -0.3 is 9.72 Å². The number of halogens is 2. The van der Waals surface area contributed by atoms with Crippen LogP contribution in [0.1, 0.15) is 22.5 Å². The van der Waals surface area contributed by atoms with Gasteiger partial charge in [-0.15, -0.1) is 0 Å². The number of benzene rings is 3. The van der Waals surface area contributed by atoms with Crippen molar-refractivity contribution in [3.05, 3.63) is 97.3 Å². The summed E-state index contributed by atoms with van der Waals surface area (Å²) in [5, 5.41) is 21.1. The van der Waals surface area contributed by atoms with Gasteiger partial charge in [0.25, 0.3) is 5.69 Å². The first-order chi connectivity index (χ1) is 15.8. The molecule has 0 aliphatic carbocycles. The summed E-state index contributed by atoms with van der Waals surface area (Å²) >= 11 is 12.8. The van der Waals surface area contributed by atoms with E-state index in [0.717, 1.165) is 16.6 Å². The fraction of sp³-hybridized carbons (Fsp3) is 0.0833. The van der Waals surface area contributed by atoms with Crippen LogP contribution in [-0.4, -0.2) is 14.9 Å². The first-order valence-corrected chi connectivity index (χ1v) is 10.5.